The van der Waals surface area contributed by atoms with Crippen molar-refractivity contribution in [2.45, 2.75) is 19.5 Å². The Balaban J connectivity index is 1.08. The zero-order chi connectivity index (χ0) is 26.9. The maximum atomic E-state index is 13.2. The molecule has 3 aromatic carbocycles. The van der Waals surface area contributed by atoms with Gasteiger partial charge in [0.2, 0.25) is 5.13 Å². The molecule has 0 atom stereocenters. The van der Waals surface area contributed by atoms with Gasteiger partial charge in [-0.15, -0.1) is 0 Å². The summed E-state index contributed by atoms with van der Waals surface area (Å²) >= 11 is 1.45. The van der Waals surface area contributed by atoms with Crippen molar-refractivity contribution in [3.63, 3.8) is 0 Å². The zero-order valence-electron chi connectivity index (χ0n) is 21.1. The summed E-state index contributed by atoms with van der Waals surface area (Å²) in [7, 11) is 1.48. The topological polar surface area (TPSA) is 107 Å². The lowest BCUT2D eigenvalue weighted by Gasteiger charge is -2.25. The number of hydrogen-bond acceptors (Lipinski definition) is 8. The Hall–Kier alpha value is -4.70. The van der Waals surface area contributed by atoms with E-state index in [9.17, 15) is 14.7 Å². The Morgan fingerprint density at radius 2 is 1.90 bits per heavy atom. The number of nitrogens with zero attached hydrogens (tertiary/aromatic N) is 4. The van der Waals surface area contributed by atoms with Crippen molar-refractivity contribution in [2.24, 2.45) is 5.10 Å². The largest absolute Gasteiger partial charge is 0.504 e. The number of carbonyl (C=O) groups excluding carboxylic acids is 2. The molecular formula is C29H25N5O4S. The van der Waals surface area contributed by atoms with E-state index in [1.807, 2.05) is 42.6 Å². The summed E-state index contributed by atoms with van der Waals surface area (Å²) < 4.78 is 6.14. The van der Waals surface area contributed by atoms with Crippen LogP contribution in [0.1, 0.15) is 27.9 Å². The summed E-state index contributed by atoms with van der Waals surface area (Å²) in [5.74, 6) is 0.0628. The Morgan fingerprint density at radius 1 is 1.10 bits per heavy atom. The second kappa shape index (κ2) is 10.2. The Bertz CT molecular complexity index is 1610. The smallest absolute Gasteiger partial charge is 0.284 e. The number of methoxy groups -OCH3 is 1. The first kappa shape index (κ1) is 24.6. The molecule has 0 unspecified atom stereocenters. The first-order chi connectivity index (χ1) is 19.0. The number of amides is 2. The van der Waals surface area contributed by atoms with Gasteiger partial charge in [0.15, 0.2) is 11.5 Å². The van der Waals surface area contributed by atoms with Gasteiger partial charge in [0.05, 0.1) is 28.6 Å². The third-order valence-corrected chi connectivity index (χ3v) is 7.68. The predicted octanol–water partition coefficient (Wildman–Crippen LogP) is 4.43. The van der Waals surface area contributed by atoms with Crippen LogP contribution in [0.5, 0.6) is 11.5 Å². The number of aromatic hydroxyl groups is 1. The van der Waals surface area contributed by atoms with Gasteiger partial charge >= 0.3 is 0 Å². The molecule has 9 nitrogen and oxygen atoms in total. The third-order valence-electron chi connectivity index (χ3n) is 6.66. The van der Waals surface area contributed by atoms with Crippen molar-refractivity contribution in [1.29, 1.82) is 0 Å². The Labute approximate surface area is 228 Å². The SMILES string of the molecule is COc1cc(CNC(=O)c2ccc(CN3C=C4C(=O)N(c5nc6ccccc6s5)N=C4CC3)cc2)ccc1O. The molecule has 2 N–H and O–H groups in total. The molecule has 0 bridgehead atoms. The minimum Gasteiger partial charge on any atom is -0.504 e. The lowest BCUT2D eigenvalue weighted by Crippen LogP contribution is -2.29. The van der Waals surface area contributed by atoms with Crippen molar-refractivity contribution < 1.29 is 19.4 Å². The van der Waals surface area contributed by atoms with Crippen LogP contribution in [0.3, 0.4) is 0 Å². The van der Waals surface area contributed by atoms with Gasteiger partial charge in [-0.1, -0.05) is 41.7 Å². The molecule has 3 heterocycles. The third kappa shape index (κ3) is 4.94. The van der Waals surface area contributed by atoms with Gasteiger partial charge in [0.25, 0.3) is 11.8 Å². The van der Waals surface area contributed by atoms with E-state index in [1.54, 1.807) is 24.3 Å². The molecule has 6 rings (SSSR count). The Kier molecular flexibility index (Phi) is 6.45. The Morgan fingerprint density at radius 3 is 2.69 bits per heavy atom. The van der Waals surface area contributed by atoms with Gasteiger partial charge in [-0.3, -0.25) is 9.59 Å². The fourth-order valence-electron chi connectivity index (χ4n) is 4.59. The molecule has 0 radical (unpaired) electrons. The zero-order valence-corrected chi connectivity index (χ0v) is 21.9. The maximum Gasteiger partial charge on any atom is 0.284 e. The molecule has 196 valence electrons. The number of fused-ring (bicyclic) bond motifs is 2. The van der Waals surface area contributed by atoms with Gasteiger partial charge in [0.1, 0.15) is 0 Å². The number of aromatic nitrogens is 1. The van der Waals surface area contributed by atoms with E-state index in [2.05, 4.69) is 20.3 Å². The lowest BCUT2D eigenvalue weighted by molar-refractivity contribution is -0.114. The van der Waals surface area contributed by atoms with Crippen molar-refractivity contribution in [1.82, 2.24) is 15.2 Å². The highest BCUT2D eigenvalue weighted by atomic mass is 32.1. The van der Waals surface area contributed by atoms with E-state index in [0.29, 0.717) is 41.5 Å². The number of thiazole rings is 1. The molecule has 0 aliphatic carbocycles. The van der Waals surface area contributed by atoms with Crippen LogP contribution in [-0.4, -0.2) is 46.2 Å². The normalized spacial score (nSPS) is 14.7. The lowest BCUT2D eigenvalue weighted by atomic mass is 10.0. The van der Waals surface area contributed by atoms with Gasteiger partial charge in [-0.2, -0.15) is 10.1 Å². The number of rotatable bonds is 7. The van der Waals surface area contributed by atoms with Crippen LogP contribution in [-0.2, 0) is 17.9 Å². The van der Waals surface area contributed by atoms with Crippen LogP contribution in [0.4, 0.5) is 5.13 Å². The number of benzene rings is 3. The number of phenolic OH excluding ortho intramolecular Hbond substituents is 1. The highest BCUT2D eigenvalue weighted by Gasteiger charge is 2.35. The number of carbonyl (C=O) groups is 2. The van der Waals surface area contributed by atoms with Crippen molar-refractivity contribution >= 4 is 44.2 Å². The van der Waals surface area contributed by atoms with E-state index < -0.39 is 0 Å². The number of phenols is 1. The van der Waals surface area contributed by atoms with Gasteiger partial charge < -0.3 is 20.1 Å². The number of hydrogen-bond donors (Lipinski definition) is 2. The second-order valence-electron chi connectivity index (χ2n) is 9.28. The summed E-state index contributed by atoms with van der Waals surface area (Å²) in [5.41, 5.74) is 4.64. The van der Waals surface area contributed by atoms with Crippen LogP contribution in [0.15, 0.2) is 83.6 Å². The average Bonchev–Trinajstić information content (AvgIpc) is 3.53. The summed E-state index contributed by atoms with van der Waals surface area (Å²) in [6, 6.07) is 20.2. The molecule has 0 fully saturated rings. The number of hydrazone groups is 1. The average molecular weight is 540 g/mol. The monoisotopic (exact) mass is 539 g/mol. The molecule has 2 aliphatic heterocycles. The quantitative estimate of drug-likeness (QED) is 0.360. The molecule has 10 heteroatoms. The minimum atomic E-state index is -0.193. The van der Waals surface area contributed by atoms with Crippen LogP contribution in [0.25, 0.3) is 10.2 Å². The number of anilines is 1. The standard InChI is InChI=1S/C29H25N5O4S/c1-38-25-14-19(8-11-24(25)35)15-30-27(36)20-9-6-18(7-10-20)16-33-13-12-22-21(17-33)28(37)34(32-22)29-31-23-4-2-3-5-26(23)39-29/h2-11,14,17,35H,12-13,15-16H2,1H3,(H,30,36). The molecule has 2 amide bonds. The molecule has 0 spiro atoms. The predicted molar refractivity (Wildman–Crippen MR) is 150 cm³/mol. The minimum absolute atomic E-state index is 0.0545. The van der Waals surface area contributed by atoms with Gasteiger partial charge in [-0.25, -0.2) is 4.98 Å². The molecule has 4 aromatic rings. The fourth-order valence-corrected chi connectivity index (χ4v) is 5.50. The second-order valence-corrected chi connectivity index (χ2v) is 10.3. The van der Waals surface area contributed by atoms with Crippen molar-refractivity contribution in [2.75, 3.05) is 18.7 Å². The summed E-state index contributed by atoms with van der Waals surface area (Å²) in [6.45, 7) is 1.66. The van der Waals surface area contributed by atoms with E-state index in [1.165, 1.54) is 29.5 Å². The first-order valence-corrected chi connectivity index (χ1v) is 13.3. The molecule has 39 heavy (non-hydrogen) atoms. The number of ether oxygens (including phenoxy) is 1. The highest BCUT2D eigenvalue weighted by molar-refractivity contribution is 7.22. The van der Waals surface area contributed by atoms with Crippen LogP contribution >= 0.6 is 11.3 Å². The summed E-state index contributed by atoms with van der Waals surface area (Å²) in [5, 5.41) is 19.2. The van der Waals surface area contributed by atoms with E-state index in [4.69, 9.17) is 4.74 Å². The number of nitrogens with one attached hydrogen (secondary N) is 1. The van der Waals surface area contributed by atoms with Gasteiger partial charge in [-0.05, 0) is 47.5 Å². The first-order valence-electron chi connectivity index (χ1n) is 12.5. The van der Waals surface area contributed by atoms with E-state index in [0.717, 1.165) is 33.6 Å². The molecule has 2 aliphatic rings. The molecule has 0 saturated heterocycles. The van der Waals surface area contributed by atoms with Crippen LogP contribution in [0, 0.1) is 0 Å². The maximum absolute atomic E-state index is 13.2. The fraction of sp³-hybridized carbons (Fsp3) is 0.172. The van der Waals surface area contributed by atoms with Gasteiger partial charge in [0, 0.05) is 37.8 Å². The summed E-state index contributed by atoms with van der Waals surface area (Å²) in [6.07, 6.45) is 2.55. The van der Waals surface area contributed by atoms with Crippen molar-refractivity contribution in [3.8, 4) is 11.5 Å². The van der Waals surface area contributed by atoms with Crippen LogP contribution in [0.2, 0.25) is 0 Å². The number of para-hydroxylation sites is 1. The highest BCUT2D eigenvalue weighted by Crippen LogP contribution is 2.33. The van der Waals surface area contributed by atoms with Crippen LogP contribution < -0.4 is 15.1 Å². The van der Waals surface area contributed by atoms with E-state index >= 15 is 0 Å². The van der Waals surface area contributed by atoms with E-state index in [-0.39, 0.29) is 17.6 Å². The summed E-state index contributed by atoms with van der Waals surface area (Å²) in [4.78, 5) is 32.5. The van der Waals surface area contributed by atoms with Crippen molar-refractivity contribution in [3.05, 3.63) is 95.2 Å². The molecule has 1 aromatic heterocycles. The molecular weight excluding hydrogens is 514 g/mol. The molecule has 0 saturated carbocycles.